The SMILES string of the molecule is CCn1nnc2c1[C@H](COC)CN(Cc1ccc(OC)cc1)C2. The van der Waals surface area contributed by atoms with E-state index in [0.717, 1.165) is 37.6 Å². The van der Waals surface area contributed by atoms with Crippen LogP contribution >= 0.6 is 0 Å². The highest BCUT2D eigenvalue weighted by atomic mass is 16.5. The molecule has 0 saturated heterocycles. The molecule has 1 aliphatic rings. The molecule has 124 valence electrons. The van der Waals surface area contributed by atoms with Gasteiger partial charge >= 0.3 is 0 Å². The van der Waals surface area contributed by atoms with Crippen LogP contribution < -0.4 is 4.74 Å². The van der Waals surface area contributed by atoms with E-state index in [2.05, 4.69) is 34.3 Å². The van der Waals surface area contributed by atoms with Gasteiger partial charge in [-0.25, -0.2) is 4.68 Å². The number of benzene rings is 1. The highest BCUT2D eigenvalue weighted by Crippen LogP contribution is 2.28. The molecule has 0 unspecified atom stereocenters. The van der Waals surface area contributed by atoms with Gasteiger partial charge < -0.3 is 9.47 Å². The van der Waals surface area contributed by atoms with Gasteiger partial charge in [0.15, 0.2) is 0 Å². The second kappa shape index (κ2) is 7.10. The van der Waals surface area contributed by atoms with E-state index in [-0.39, 0.29) is 0 Å². The first-order chi connectivity index (χ1) is 11.2. The van der Waals surface area contributed by atoms with Crippen LogP contribution in [0.2, 0.25) is 0 Å². The molecule has 1 aromatic carbocycles. The summed E-state index contributed by atoms with van der Waals surface area (Å²) in [5.41, 5.74) is 3.59. The molecule has 0 bridgehead atoms. The van der Waals surface area contributed by atoms with Crippen molar-refractivity contribution in [2.45, 2.75) is 32.5 Å². The van der Waals surface area contributed by atoms with Crippen LogP contribution in [0.4, 0.5) is 0 Å². The first kappa shape index (κ1) is 16.0. The first-order valence-corrected chi connectivity index (χ1v) is 8.01. The summed E-state index contributed by atoms with van der Waals surface area (Å²) in [5, 5.41) is 8.66. The third-order valence-electron chi connectivity index (χ3n) is 4.32. The molecule has 0 N–H and O–H groups in total. The molecular formula is C17H24N4O2. The lowest BCUT2D eigenvalue weighted by atomic mass is 9.98. The Balaban J connectivity index is 1.76. The Morgan fingerprint density at radius 2 is 2.00 bits per heavy atom. The van der Waals surface area contributed by atoms with Crippen molar-refractivity contribution in [3.05, 3.63) is 41.2 Å². The molecule has 6 nitrogen and oxygen atoms in total. The van der Waals surface area contributed by atoms with Crippen molar-refractivity contribution >= 4 is 0 Å². The minimum atomic E-state index is 0.317. The van der Waals surface area contributed by atoms with E-state index in [1.54, 1.807) is 14.2 Å². The number of hydrogen-bond acceptors (Lipinski definition) is 5. The third kappa shape index (κ3) is 3.38. The van der Waals surface area contributed by atoms with Gasteiger partial charge in [-0.05, 0) is 24.6 Å². The maximum atomic E-state index is 5.42. The molecule has 1 atom stereocenters. The summed E-state index contributed by atoms with van der Waals surface area (Å²) in [6.45, 7) is 6.33. The van der Waals surface area contributed by atoms with Crippen LogP contribution in [0.1, 0.15) is 29.8 Å². The molecule has 0 spiro atoms. The van der Waals surface area contributed by atoms with Gasteiger partial charge in [0.25, 0.3) is 0 Å². The minimum absolute atomic E-state index is 0.317. The monoisotopic (exact) mass is 316 g/mol. The topological polar surface area (TPSA) is 52.4 Å². The predicted molar refractivity (Wildman–Crippen MR) is 87.4 cm³/mol. The van der Waals surface area contributed by atoms with E-state index in [0.29, 0.717) is 12.5 Å². The minimum Gasteiger partial charge on any atom is -0.497 e. The van der Waals surface area contributed by atoms with Gasteiger partial charge in [-0.3, -0.25) is 4.90 Å². The van der Waals surface area contributed by atoms with Gasteiger partial charge in [-0.1, -0.05) is 17.3 Å². The van der Waals surface area contributed by atoms with E-state index in [4.69, 9.17) is 9.47 Å². The van der Waals surface area contributed by atoms with Crippen molar-refractivity contribution in [2.24, 2.45) is 0 Å². The van der Waals surface area contributed by atoms with E-state index in [1.165, 1.54) is 11.3 Å². The molecule has 1 aromatic heterocycles. The highest BCUT2D eigenvalue weighted by molar-refractivity contribution is 5.27. The maximum Gasteiger partial charge on any atom is 0.118 e. The number of hydrogen-bond donors (Lipinski definition) is 0. The molecule has 6 heteroatoms. The number of nitrogens with zero attached hydrogens (tertiary/aromatic N) is 4. The van der Waals surface area contributed by atoms with Crippen LogP contribution in [0.25, 0.3) is 0 Å². The second-order valence-electron chi connectivity index (χ2n) is 5.91. The Kier molecular flexibility index (Phi) is 4.93. The molecule has 0 saturated carbocycles. The van der Waals surface area contributed by atoms with E-state index >= 15 is 0 Å². The Morgan fingerprint density at radius 3 is 2.65 bits per heavy atom. The Bertz CT molecular complexity index is 639. The van der Waals surface area contributed by atoms with Crippen molar-refractivity contribution in [3.8, 4) is 5.75 Å². The summed E-state index contributed by atoms with van der Waals surface area (Å²) >= 11 is 0. The van der Waals surface area contributed by atoms with E-state index < -0.39 is 0 Å². The number of rotatable bonds is 6. The zero-order valence-corrected chi connectivity index (χ0v) is 14.0. The number of ether oxygens (including phenoxy) is 2. The molecule has 0 radical (unpaired) electrons. The summed E-state index contributed by atoms with van der Waals surface area (Å²) < 4.78 is 12.6. The molecule has 0 fully saturated rings. The van der Waals surface area contributed by atoms with Gasteiger partial charge in [-0.15, -0.1) is 5.10 Å². The molecule has 2 aromatic rings. The number of aromatic nitrogens is 3. The predicted octanol–water partition coefficient (Wildman–Crippen LogP) is 2.05. The van der Waals surface area contributed by atoms with Gasteiger partial charge in [0.2, 0.25) is 0 Å². The van der Waals surface area contributed by atoms with Crippen LogP contribution in [-0.2, 0) is 24.4 Å². The summed E-state index contributed by atoms with van der Waals surface area (Å²) in [7, 11) is 3.44. The lowest BCUT2D eigenvalue weighted by molar-refractivity contribution is 0.131. The Morgan fingerprint density at radius 1 is 1.22 bits per heavy atom. The summed E-state index contributed by atoms with van der Waals surface area (Å²) in [5.74, 6) is 1.20. The lowest BCUT2D eigenvalue weighted by Crippen LogP contribution is -2.36. The lowest BCUT2D eigenvalue weighted by Gasteiger charge is -2.32. The van der Waals surface area contributed by atoms with E-state index in [1.807, 2.05) is 16.8 Å². The maximum absolute atomic E-state index is 5.42. The van der Waals surface area contributed by atoms with Crippen LogP contribution in [-0.4, -0.2) is 47.3 Å². The fraction of sp³-hybridized carbons (Fsp3) is 0.529. The van der Waals surface area contributed by atoms with Gasteiger partial charge in [0, 0.05) is 39.2 Å². The smallest absolute Gasteiger partial charge is 0.118 e. The highest BCUT2D eigenvalue weighted by Gasteiger charge is 2.30. The fourth-order valence-corrected chi connectivity index (χ4v) is 3.27. The quantitative estimate of drug-likeness (QED) is 0.816. The summed E-state index contributed by atoms with van der Waals surface area (Å²) in [6.07, 6.45) is 0. The van der Waals surface area contributed by atoms with Gasteiger partial charge in [-0.2, -0.15) is 0 Å². The molecular weight excluding hydrogens is 292 g/mol. The van der Waals surface area contributed by atoms with Crippen LogP contribution in [0.5, 0.6) is 5.75 Å². The molecule has 1 aliphatic heterocycles. The fourth-order valence-electron chi connectivity index (χ4n) is 3.27. The first-order valence-electron chi connectivity index (χ1n) is 8.01. The largest absolute Gasteiger partial charge is 0.497 e. The number of fused-ring (bicyclic) bond motifs is 1. The van der Waals surface area contributed by atoms with Crippen molar-refractivity contribution in [3.63, 3.8) is 0 Å². The average molecular weight is 316 g/mol. The van der Waals surface area contributed by atoms with Crippen LogP contribution in [0, 0.1) is 0 Å². The number of aryl methyl sites for hydroxylation is 1. The van der Waals surface area contributed by atoms with Crippen molar-refractivity contribution in [1.29, 1.82) is 0 Å². The standard InChI is InChI=1S/C17H24N4O2/c1-4-21-17-14(12-22-2)10-20(11-16(17)18-19-21)9-13-5-7-15(23-3)8-6-13/h5-8,14H,4,9-12H2,1-3H3/t14-/m0/s1. The third-order valence-corrected chi connectivity index (χ3v) is 4.32. The van der Waals surface area contributed by atoms with Crippen LogP contribution in [0.3, 0.4) is 0 Å². The summed E-state index contributed by atoms with van der Waals surface area (Å²) in [6, 6.07) is 8.24. The normalized spacial score (nSPS) is 18.0. The Hall–Kier alpha value is -1.92. The summed E-state index contributed by atoms with van der Waals surface area (Å²) in [4.78, 5) is 2.41. The van der Waals surface area contributed by atoms with E-state index in [9.17, 15) is 0 Å². The molecule has 23 heavy (non-hydrogen) atoms. The molecule has 0 aliphatic carbocycles. The van der Waals surface area contributed by atoms with Crippen molar-refractivity contribution < 1.29 is 9.47 Å². The zero-order chi connectivity index (χ0) is 16.2. The van der Waals surface area contributed by atoms with Gasteiger partial charge in [0.05, 0.1) is 19.4 Å². The number of methoxy groups -OCH3 is 2. The van der Waals surface area contributed by atoms with Crippen LogP contribution in [0.15, 0.2) is 24.3 Å². The van der Waals surface area contributed by atoms with Crippen molar-refractivity contribution in [2.75, 3.05) is 27.4 Å². The molecule has 3 rings (SSSR count). The second-order valence-corrected chi connectivity index (χ2v) is 5.91. The zero-order valence-electron chi connectivity index (χ0n) is 14.0. The van der Waals surface area contributed by atoms with Gasteiger partial charge in [0.1, 0.15) is 11.4 Å². The average Bonchev–Trinajstić information content (AvgIpc) is 2.99. The Labute approximate surface area is 137 Å². The van der Waals surface area contributed by atoms with Crippen molar-refractivity contribution in [1.82, 2.24) is 19.9 Å². The molecule has 0 amide bonds. The molecule has 2 heterocycles.